The molecule has 24 heavy (non-hydrogen) atoms. The normalized spacial score (nSPS) is 18.6. The van der Waals surface area contributed by atoms with E-state index in [1.54, 1.807) is 0 Å². The largest absolute Gasteiger partial charge is 0.494 e. The Kier molecular flexibility index (Phi) is 7.06. The summed E-state index contributed by atoms with van der Waals surface area (Å²) in [6.45, 7) is 3.68. The van der Waals surface area contributed by atoms with Crippen molar-refractivity contribution >= 4 is 11.9 Å². The predicted molar refractivity (Wildman–Crippen MR) is 89.0 cm³/mol. The second-order valence-electron chi connectivity index (χ2n) is 6.03. The minimum Gasteiger partial charge on any atom is -0.494 e. The zero-order valence-electron chi connectivity index (χ0n) is 14.0. The summed E-state index contributed by atoms with van der Waals surface area (Å²) in [5.41, 5.74) is 0.796. The molecule has 6 heteroatoms. The van der Waals surface area contributed by atoms with Crippen LogP contribution in [0.15, 0.2) is 24.3 Å². The summed E-state index contributed by atoms with van der Waals surface area (Å²) in [7, 11) is 0. The molecular formula is C18H25NO5. The summed E-state index contributed by atoms with van der Waals surface area (Å²) >= 11 is 0. The molecule has 2 unspecified atom stereocenters. The molecule has 1 aliphatic rings. The molecule has 0 saturated carbocycles. The number of hydrogen-bond acceptors (Lipinski definition) is 4. The van der Waals surface area contributed by atoms with E-state index in [0.717, 1.165) is 30.6 Å². The summed E-state index contributed by atoms with van der Waals surface area (Å²) in [4.78, 5) is 23.7. The van der Waals surface area contributed by atoms with Gasteiger partial charge in [0, 0.05) is 12.5 Å². The van der Waals surface area contributed by atoms with Gasteiger partial charge >= 0.3 is 5.97 Å². The smallest absolute Gasteiger partial charge is 0.326 e. The first-order valence-electron chi connectivity index (χ1n) is 8.41. The molecule has 1 fully saturated rings. The fraction of sp³-hybridized carbons (Fsp3) is 0.556. The van der Waals surface area contributed by atoms with Crippen molar-refractivity contribution in [2.45, 2.75) is 38.6 Å². The number of ether oxygens (including phenoxy) is 2. The number of rotatable bonds is 8. The highest BCUT2D eigenvalue weighted by molar-refractivity contribution is 5.85. The van der Waals surface area contributed by atoms with Gasteiger partial charge in [-0.2, -0.15) is 0 Å². The van der Waals surface area contributed by atoms with Crippen LogP contribution in [0, 0.1) is 5.92 Å². The number of carboxylic acid groups (broad SMARTS) is 1. The molecule has 1 aromatic carbocycles. The van der Waals surface area contributed by atoms with E-state index in [2.05, 4.69) is 5.32 Å². The van der Waals surface area contributed by atoms with Gasteiger partial charge in [-0.3, -0.25) is 4.79 Å². The number of amides is 1. The van der Waals surface area contributed by atoms with Crippen molar-refractivity contribution in [1.82, 2.24) is 5.32 Å². The van der Waals surface area contributed by atoms with Crippen molar-refractivity contribution in [1.29, 1.82) is 0 Å². The zero-order valence-corrected chi connectivity index (χ0v) is 14.0. The molecule has 2 rings (SSSR count). The van der Waals surface area contributed by atoms with Crippen LogP contribution in [-0.4, -0.2) is 42.8 Å². The lowest BCUT2D eigenvalue weighted by Gasteiger charge is -2.28. The maximum atomic E-state index is 12.2. The first-order valence-corrected chi connectivity index (χ1v) is 8.41. The number of aliphatic carboxylic acids is 1. The Morgan fingerprint density at radius 3 is 2.96 bits per heavy atom. The second-order valence-corrected chi connectivity index (χ2v) is 6.03. The maximum Gasteiger partial charge on any atom is 0.326 e. The Hall–Kier alpha value is -2.08. The van der Waals surface area contributed by atoms with Gasteiger partial charge in [-0.15, -0.1) is 0 Å². The first kappa shape index (κ1) is 18.3. The van der Waals surface area contributed by atoms with Crippen LogP contribution in [0.3, 0.4) is 0 Å². The van der Waals surface area contributed by atoms with E-state index in [1.165, 1.54) is 0 Å². The molecule has 0 aliphatic carbocycles. The van der Waals surface area contributed by atoms with E-state index in [-0.39, 0.29) is 18.2 Å². The van der Waals surface area contributed by atoms with E-state index in [1.807, 2.05) is 31.2 Å². The number of carbonyl (C=O) groups excluding carboxylic acids is 1. The molecule has 0 aromatic heterocycles. The van der Waals surface area contributed by atoms with Crippen molar-refractivity contribution in [3.8, 4) is 5.75 Å². The highest BCUT2D eigenvalue weighted by atomic mass is 16.5. The Morgan fingerprint density at radius 1 is 1.46 bits per heavy atom. The van der Waals surface area contributed by atoms with Crippen molar-refractivity contribution < 1.29 is 24.2 Å². The molecule has 1 amide bonds. The summed E-state index contributed by atoms with van der Waals surface area (Å²) in [5, 5.41) is 12.0. The Balaban J connectivity index is 1.94. The molecule has 1 aliphatic heterocycles. The Bertz CT molecular complexity index is 554. The van der Waals surface area contributed by atoms with E-state index in [0.29, 0.717) is 19.8 Å². The van der Waals surface area contributed by atoms with Crippen LogP contribution >= 0.6 is 0 Å². The molecule has 0 bridgehead atoms. The average Bonchev–Trinajstić information content (AvgIpc) is 2.58. The molecule has 132 valence electrons. The minimum atomic E-state index is -1.01. The number of carboxylic acids is 1. The van der Waals surface area contributed by atoms with E-state index in [9.17, 15) is 14.7 Å². The predicted octanol–water partition coefficient (Wildman–Crippen LogP) is 2.01. The van der Waals surface area contributed by atoms with Gasteiger partial charge in [-0.1, -0.05) is 19.1 Å². The summed E-state index contributed by atoms with van der Waals surface area (Å²) in [5.74, 6) is -0.781. The third kappa shape index (κ3) is 5.53. The Labute approximate surface area is 142 Å². The standard InChI is InChI=1S/C18H25NO5/c1-2-8-24-15-7-3-5-13(10-15)11-16(20)19-17(18(21)22)14-6-4-9-23-12-14/h3,5,7,10,14,17H,2,4,6,8-9,11-12H2,1H3,(H,19,20)(H,21,22). The number of carbonyl (C=O) groups is 2. The van der Waals surface area contributed by atoms with Crippen molar-refractivity contribution in [3.05, 3.63) is 29.8 Å². The molecule has 0 spiro atoms. The third-order valence-electron chi connectivity index (χ3n) is 3.99. The summed E-state index contributed by atoms with van der Waals surface area (Å²) in [6.07, 6.45) is 2.61. The van der Waals surface area contributed by atoms with Crippen LogP contribution in [-0.2, 0) is 20.7 Å². The molecule has 6 nitrogen and oxygen atoms in total. The second kappa shape index (κ2) is 9.27. The fourth-order valence-corrected chi connectivity index (χ4v) is 2.78. The lowest BCUT2D eigenvalue weighted by atomic mass is 9.93. The molecule has 1 saturated heterocycles. The van der Waals surface area contributed by atoms with Gasteiger partial charge in [0.25, 0.3) is 0 Å². The Morgan fingerprint density at radius 2 is 2.29 bits per heavy atom. The van der Waals surface area contributed by atoms with Crippen LogP contribution in [0.5, 0.6) is 5.75 Å². The van der Waals surface area contributed by atoms with Crippen LogP contribution < -0.4 is 10.1 Å². The molecular weight excluding hydrogens is 310 g/mol. The minimum absolute atomic E-state index is 0.126. The molecule has 1 aromatic rings. The quantitative estimate of drug-likeness (QED) is 0.759. The highest BCUT2D eigenvalue weighted by Crippen LogP contribution is 2.18. The van der Waals surface area contributed by atoms with E-state index >= 15 is 0 Å². The van der Waals surface area contributed by atoms with Crippen LogP contribution in [0.1, 0.15) is 31.7 Å². The van der Waals surface area contributed by atoms with Gasteiger partial charge in [0.05, 0.1) is 19.6 Å². The van der Waals surface area contributed by atoms with Gasteiger partial charge in [0.15, 0.2) is 0 Å². The van der Waals surface area contributed by atoms with Gasteiger partial charge < -0.3 is 19.9 Å². The van der Waals surface area contributed by atoms with E-state index < -0.39 is 12.0 Å². The highest BCUT2D eigenvalue weighted by Gasteiger charge is 2.31. The molecule has 1 heterocycles. The maximum absolute atomic E-state index is 12.2. The van der Waals surface area contributed by atoms with Crippen LogP contribution in [0.25, 0.3) is 0 Å². The van der Waals surface area contributed by atoms with Gasteiger partial charge in [-0.25, -0.2) is 4.79 Å². The monoisotopic (exact) mass is 335 g/mol. The van der Waals surface area contributed by atoms with Crippen molar-refractivity contribution in [2.24, 2.45) is 5.92 Å². The zero-order chi connectivity index (χ0) is 17.4. The number of hydrogen-bond donors (Lipinski definition) is 2. The number of benzene rings is 1. The average molecular weight is 335 g/mol. The molecule has 2 N–H and O–H groups in total. The fourth-order valence-electron chi connectivity index (χ4n) is 2.78. The summed E-state index contributed by atoms with van der Waals surface area (Å²) in [6, 6.07) is 6.41. The van der Waals surface area contributed by atoms with Crippen molar-refractivity contribution in [3.63, 3.8) is 0 Å². The van der Waals surface area contributed by atoms with Crippen LogP contribution in [0.2, 0.25) is 0 Å². The SMILES string of the molecule is CCCOc1cccc(CC(=O)NC(C(=O)O)C2CCCOC2)c1. The van der Waals surface area contributed by atoms with Crippen LogP contribution in [0.4, 0.5) is 0 Å². The summed E-state index contributed by atoms with van der Waals surface area (Å²) < 4.78 is 10.9. The first-order chi connectivity index (χ1) is 11.6. The van der Waals surface area contributed by atoms with E-state index in [4.69, 9.17) is 9.47 Å². The lowest BCUT2D eigenvalue weighted by molar-refractivity contribution is -0.145. The molecule has 0 radical (unpaired) electrons. The van der Waals surface area contributed by atoms with Gasteiger partial charge in [0.2, 0.25) is 5.91 Å². The molecule has 2 atom stereocenters. The topological polar surface area (TPSA) is 84.9 Å². The number of nitrogens with one attached hydrogen (secondary N) is 1. The van der Waals surface area contributed by atoms with Gasteiger partial charge in [0.1, 0.15) is 11.8 Å². The van der Waals surface area contributed by atoms with Crippen molar-refractivity contribution in [2.75, 3.05) is 19.8 Å². The lowest BCUT2D eigenvalue weighted by Crippen LogP contribution is -2.48. The van der Waals surface area contributed by atoms with Gasteiger partial charge in [-0.05, 0) is 37.0 Å². The third-order valence-corrected chi connectivity index (χ3v) is 3.99.